The van der Waals surface area contributed by atoms with Gasteiger partial charge in [-0.05, 0) is 18.6 Å². The summed E-state index contributed by atoms with van der Waals surface area (Å²) in [4.78, 5) is 23.9. The van der Waals surface area contributed by atoms with Gasteiger partial charge in [-0.25, -0.2) is 4.79 Å². The van der Waals surface area contributed by atoms with E-state index in [4.69, 9.17) is 9.84 Å². The summed E-state index contributed by atoms with van der Waals surface area (Å²) in [6, 6.07) is 2.32. The van der Waals surface area contributed by atoms with Gasteiger partial charge < -0.3 is 14.7 Å². The predicted molar refractivity (Wildman–Crippen MR) is 69.2 cm³/mol. The Morgan fingerprint density at radius 1 is 1.45 bits per heavy atom. The molecule has 1 N–H and O–H groups in total. The Bertz CT molecular complexity index is 600. The molecule has 2 rings (SSSR count). The summed E-state index contributed by atoms with van der Waals surface area (Å²) < 4.78 is 44.3. The molecule has 1 fully saturated rings. The standard InChI is InChI=1S/C14H14F3NO4/c1-22-11-4-2-3-9(14(15,16)17)8(11)7-18-10(13(20)21)5-6-12(18)19/h2-4,10H,5-7H2,1H3,(H,20,21)/t10-/m1/s1. The Morgan fingerprint density at radius 2 is 2.14 bits per heavy atom. The predicted octanol–water partition coefficient (Wildman–Crippen LogP) is 2.29. The van der Waals surface area contributed by atoms with Crippen molar-refractivity contribution >= 4 is 11.9 Å². The first-order chi connectivity index (χ1) is 10.3. The van der Waals surface area contributed by atoms with Crippen LogP contribution < -0.4 is 4.74 Å². The van der Waals surface area contributed by atoms with Gasteiger partial charge in [0.15, 0.2) is 0 Å². The molecule has 22 heavy (non-hydrogen) atoms. The Morgan fingerprint density at radius 3 is 2.68 bits per heavy atom. The van der Waals surface area contributed by atoms with Gasteiger partial charge in [0.25, 0.3) is 0 Å². The molecule has 1 aliphatic heterocycles. The second-order valence-corrected chi connectivity index (χ2v) is 4.90. The van der Waals surface area contributed by atoms with E-state index in [9.17, 15) is 22.8 Å². The lowest BCUT2D eigenvalue weighted by atomic mass is 10.0. The first kappa shape index (κ1) is 16.1. The van der Waals surface area contributed by atoms with Crippen molar-refractivity contribution < 1.29 is 32.6 Å². The van der Waals surface area contributed by atoms with Crippen LogP contribution in [0.25, 0.3) is 0 Å². The molecular weight excluding hydrogens is 303 g/mol. The van der Waals surface area contributed by atoms with E-state index in [1.165, 1.54) is 19.2 Å². The van der Waals surface area contributed by atoms with Crippen LogP contribution >= 0.6 is 0 Å². The van der Waals surface area contributed by atoms with Crippen LogP contribution in [0.2, 0.25) is 0 Å². The van der Waals surface area contributed by atoms with Crippen LogP contribution in [0.5, 0.6) is 5.75 Å². The number of likely N-dealkylation sites (tertiary alicyclic amines) is 1. The minimum atomic E-state index is -4.62. The van der Waals surface area contributed by atoms with E-state index >= 15 is 0 Å². The van der Waals surface area contributed by atoms with Crippen molar-refractivity contribution in [1.82, 2.24) is 4.90 Å². The lowest BCUT2D eigenvalue weighted by Gasteiger charge is -2.24. The third kappa shape index (κ3) is 3.00. The van der Waals surface area contributed by atoms with E-state index in [1.54, 1.807) is 0 Å². The van der Waals surface area contributed by atoms with Crippen molar-refractivity contribution in [3.8, 4) is 5.75 Å². The van der Waals surface area contributed by atoms with E-state index in [0.29, 0.717) is 0 Å². The van der Waals surface area contributed by atoms with Crippen LogP contribution in [0.4, 0.5) is 13.2 Å². The average molecular weight is 317 g/mol. The highest BCUT2D eigenvalue weighted by Crippen LogP contribution is 2.37. The molecule has 0 aromatic heterocycles. The summed E-state index contributed by atoms with van der Waals surface area (Å²) in [5, 5.41) is 9.09. The Hall–Kier alpha value is -2.25. The number of carboxylic acid groups (broad SMARTS) is 1. The number of halogens is 3. The van der Waals surface area contributed by atoms with Gasteiger partial charge in [-0.2, -0.15) is 13.2 Å². The number of hydrogen-bond acceptors (Lipinski definition) is 3. The maximum absolute atomic E-state index is 13.1. The second kappa shape index (κ2) is 5.86. The quantitative estimate of drug-likeness (QED) is 0.925. The van der Waals surface area contributed by atoms with Crippen LogP contribution in [0, 0.1) is 0 Å². The molecule has 1 aromatic rings. The normalized spacial score (nSPS) is 18.6. The van der Waals surface area contributed by atoms with Gasteiger partial charge in [0.2, 0.25) is 5.91 Å². The number of carbonyl (C=O) groups excluding carboxylic acids is 1. The molecule has 0 spiro atoms. The molecule has 1 amide bonds. The van der Waals surface area contributed by atoms with Gasteiger partial charge in [-0.15, -0.1) is 0 Å². The molecule has 0 radical (unpaired) electrons. The van der Waals surface area contributed by atoms with E-state index in [1.807, 2.05) is 0 Å². The number of alkyl halides is 3. The molecule has 5 nitrogen and oxygen atoms in total. The third-order valence-electron chi connectivity index (χ3n) is 3.60. The molecule has 0 unspecified atom stereocenters. The number of rotatable bonds is 4. The average Bonchev–Trinajstić information content (AvgIpc) is 2.79. The van der Waals surface area contributed by atoms with Gasteiger partial charge in [-0.1, -0.05) is 6.07 Å². The highest BCUT2D eigenvalue weighted by molar-refractivity contribution is 5.87. The minimum Gasteiger partial charge on any atom is -0.496 e. The number of aliphatic carboxylic acids is 1. The van der Waals surface area contributed by atoms with Crippen molar-refractivity contribution in [1.29, 1.82) is 0 Å². The van der Waals surface area contributed by atoms with Crippen LogP contribution in [0.15, 0.2) is 18.2 Å². The van der Waals surface area contributed by atoms with E-state index in [0.717, 1.165) is 11.0 Å². The number of hydrogen-bond donors (Lipinski definition) is 1. The molecule has 0 aliphatic carbocycles. The maximum Gasteiger partial charge on any atom is 0.416 e. The molecule has 0 saturated carbocycles. The van der Waals surface area contributed by atoms with Crippen molar-refractivity contribution in [2.24, 2.45) is 0 Å². The molecule has 1 atom stereocenters. The molecule has 1 aromatic carbocycles. The fraction of sp³-hybridized carbons (Fsp3) is 0.429. The van der Waals surface area contributed by atoms with Crippen LogP contribution in [-0.4, -0.2) is 35.0 Å². The molecule has 1 heterocycles. The zero-order chi connectivity index (χ0) is 16.5. The van der Waals surface area contributed by atoms with Gasteiger partial charge in [-0.3, -0.25) is 4.79 Å². The second-order valence-electron chi connectivity index (χ2n) is 4.90. The number of ether oxygens (including phenoxy) is 1. The smallest absolute Gasteiger partial charge is 0.416 e. The summed E-state index contributed by atoms with van der Waals surface area (Å²) in [6.45, 7) is -0.450. The zero-order valence-electron chi connectivity index (χ0n) is 11.7. The molecule has 0 bridgehead atoms. The van der Waals surface area contributed by atoms with Crippen molar-refractivity contribution in [3.05, 3.63) is 29.3 Å². The van der Waals surface area contributed by atoms with Crippen LogP contribution in [-0.2, 0) is 22.3 Å². The number of nitrogens with zero attached hydrogens (tertiary/aromatic N) is 1. The lowest BCUT2D eigenvalue weighted by molar-refractivity contribution is -0.147. The lowest BCUT2D eigenvalue weighted by Crippen LogP contribution is -2.38. The number of methoxy groups -OCH3 is 1. The Kier molecular flexibility index (Phi) is 4.30. The first-order valence-corrected chi connectivity index (χ1v) is 6.51. The number of amides is 1. The summed E-state index contributed by atoms with van der Waals surface area (Å²) in [5.74, 6) is -1.74. The summed E-state index contributed by atoms with van der Waals surface area (Å²) in [6.07, 6.45) is -4.52. The number of carboxylic acids is 1. The SMILES string of the molecule is COc1cccc(C(F)(F)F)c1CN1C(=O)CC[C@@H]1C(=O)O. The fourth-order valence-corrected chi connectivity index (χ4v) is 2.54. The summed E-state index contributed by atoms with van der Waals surface area (Å²) >= 11 is 0. The molecule has 1 aliphatic rings. The zero-order valence-corrected chi connectivity index (χ0v) is 11.7. The third-order valence-corrected chi connectivity index (χ3v) is 3.60. The van der Waals surface area contributed by atoms with E-state index < -0.39 is 36.2 Å². The number of benzene rings is 1. The largest absolute Gasteiger partial charge is 0.496 e. The Balaban J connectivity index is 2.43. The van der Waals surface area contributed by atoms with Gasteiger partial charge in [0.05, 0.1) is 19.2 Å². The molecule has 8 heteroatoms. The maximum atomic E-state index is 13.1. The monoisotopic (exact) mass is 317 g/mol. The molecule has 120 valence electrons. The fourth-order valence-electron chi connectivity index (χ4n) is 2.54. The van der Waals surface area contributed by atoms with E-state index in [-0.39, 0.29) is 24.2 Å². The number of carbonyl (C=O) groups is 2. The van der Waals surface area contributed by atoms with Gasteiger partial charge in [0, 0.05) is 12.0 Å². The summed E-state index contributed by atoms with van der Waals surface area (Å²) in [7, 11) is 1.22. The minimum absolute atomic E-state index is 0.00741. The van der Waals surface area contributed by atoms with Crippen molar-refractivity contribution in [2.75, 3.05) is 7.11 Å². The highest BCUT2D eigenvalue weighted by atomic mass is 19.4. The van der Waals surface area contributed by atoms with Crippen molar-refractivity contribution in [2.45, 2.75) is 31.6 Å². The molecular formula is C14H14F3NO4. The van der Waals surface area contributed by atoms with Gasteiger partial charge >= 0.3 is 12.1 Å². The van der Waals surface area contributed by atoms with Crippen LogP contribution in [0.1, 0.15) is 24.0 Å². The highest BCUT2D eigenvalue weighted by Gasteiger charge is 2.40. The summed E-state index contributed by atoms with van der Waals surface area (Å²) in [5.41, 5.74) is -1.17. The van der Waals surface area contributed by atoms with Crippen LogP contribution in [0.3, 0.4) is 0 Å². The first-order valence-electron chi connectivity index (χ1n) is 6.51. The van der Waals surface area contributed by atoms with E-state index in [2.05, 4.69) is 0 Å². The topological polar surface area (TPSA) is 66.8 Å². The Labute approximate surface area is 124 Å². The van der Waals surface area contributed by atoms with Crippen molar-refractivity contribution in [3.63, 3.8) is 0 Å². The van der Waals surface area contributed by atoms with Gasteiger partial charge in [0.1, 0.15) is 11.8 Å². The molecule has 1 saturated heterocycles.